The first kappa shape index (κ1) is 8.00. The molecule has 0 radical (unpaired) electrons. The third-order valence-electron chi connectivity index (χ3n) is 1.79. The van der Waals surface area contributed by atoms with E-state index in [2.05, 4.69) is 15.3 Å². The summed E-state index contributed by atoms with van der Waals surface area (Å²) < 4.78 is 1.76. The lowest BCUT2D eigenvalue weighted by atomic mass is 10.4. The zero-order chi connectivity index (χ0) is 9.10. The molecule has 0 aliphatic heterocycles. The largest absolute Gasteiger partial charge is 0.363 e. The minimum absolute atomic E-state index is 0.435. The van der Waals surface area contributed by atoms with Gasteiger partial charge in [-0.15, -0.1) is 5.10 Å². The third kappa shape index (κ3) is 1.75. The summed E-state index contributed by atoms with van der Waals surface area (Å²) in [5.41, 5.74) is 7.33. The lowest BCUT2D eigenvalue weighted by Crippen LogP contribution is -2.00. The van der Waals surface area contributed by atoms with E-state index in [0.717, 1.165) is 11.4 Å². The third-order valence-corrected chi connectivity index (χ3v) is 1.79. The van der Waals surface area contributed by atoms with Crippen LogP contribution in [0.4, 0.5) is 0 Å². The van der Waals surface area contributed by atoms with E-state index >= 15 is 0 Å². The number of hydrogen-bond donors (Lipinski definition) is 2. The molecule has 0 saturated carbocycles. The van der Waals surface area contributed by atoms with Gasteiger partial charge < -0.3 is 10.7 Å². The fourth-order valence-corrected chi connectivity index (χ4v) is 1.15. The molecular weight excluding hydrogens is 166 g/mol. The molecule has 0 bridgehead atoms. The number of H-pyrrole nitrogens is 1. The molecule has 2 aromatic rings. The van der Waals surface area contributed by atoms with Gasteiger partial charge >= 0.3 is 0 Å². The molecule has 0 aliphatic carbocycles. The van der Waals surface area contributed by atoms with Crippen molar-refractivity contribution < 1.29 is 0 Å². The maximum Gasteiger partial charge on any atom is 0.0962 e. The van der Waals surface area contributed by atoms with Crippen LogP contribution in [0.25, 0.3) is 0 Å². The van der Waals surface area contributed by atoms with E-state index in [0.29, 0.717) is 13.1 Å². The molecule has 0 amide bonds. The topological polar surface area (TPSA) is 72.5 Å². The van der Waals surface area contributed by atoms with Crippen molar-refractivity contribution in [2.24, 2.45) is 5.73 Å². The highest BCUT2D eigenvalue weighted by molar-refractivity contribution is 5.04. The second kappa shape index (κ2) is 3.40. The quantitative estimate of drug-likeness (QED) is 0.699. The van der Waals surface area contributed by atoms with Gasteiger partial charge in [-0.2, -0.15) is 0 Å². The summed E-state index contributed by atoms with van der Waals surface area (Å²) in [5, 5.41) is 7.82. The molecule has 13 heavy (non-hydrogen) atoms. The second-order valence-electron chi connectivity index (χ2n) is 2.81. The average Bonchev–Trinajstić information content (AvgIpc) is 2.76. The highest BCUT2D eigenvalue weighted by atomic mass is 15.4. The van der Waals surface area contributed by atoms with Gasteiger partial charge in [0.05, 0.1) is 18.4 Å². The van der Waals surface area contributed by atoms with Gasteiger partial charge in [-0.05, 0) is 12.1 Å². The Labute approximate surface area is 75.6 Å². The van der Waals surface area contributed by atoms with E-state index in [1.165, 1.54) is 0 Å². The lowest BCUT2D eigenvalue weighted by Gasteiger charge is -1.95. The Morgan fingerprint density at radius 1 is 1.54 bits per heavy atom. The zero-order valence-corrected chi connectivity index (χ0v) is 7.14. The van der Waals surface area contributed by atoms with Crippen LogP contribution >= 0.6 is 0 Å². The first-order chi connectivity index (χ1) is 6.38. The number of aromatic nitrogens is 4. The van der Waals surface area contributed by atoms with E-state index < -0.39 is 0 Å². The zero-order valence-electron chi connectivity index (χ0n) is 7.14. The fraction of sp³-hybridized carbons (Fsp3) is 0.250. The monoisotopic (exact) mass is 177 g/mol. The van der Waals surface area contributed by atoms with Crippen molar-refractivity contribution in [2.75, 3.05) is 0 Å². The molecule has 5 nitrogen and oxygen atoms in total. The van der Waals surface area contributed by atoms with Gasteiger partial charge in [0, 0.05) is 18.4 Å². The Morgan fingerprint density at radius 2 is 2.46 bits per heavy atom. The summed E-state index contributed by atoms with van der Waals surface area (Å²) >= 11 is 0. The van der Waals surface area contributed by atoms with E-state index in [-0.39, 0.29) is 0 Å². The predicted octanol–water partition coefficient (Wildman–Crippen LogP) is 0.113. The summed E-state index contributed by atoms with van der Waals surface area (Å²) in [6, 6.07) is 3.96. The number of aromatic amines is 1. The number of hydrogen-bond acceptors (Lipinski definition) is 3. The van der Waals surface area contributed by atoms with Gasteiger partial charge in [0.1, 0.15) is 0 Å². The van der Waals surface area contributed by atoms with Crippen LogP contribution in [-0.2, 0) is 13.1 Å². The Balaban J connectivity index is 2.10. The maximum absolute atomic E-state index is 5.41. The number of nitrogens with zero attached hydrogens (tertiary/aromatic N) is 3. The van der Waals surface area contributed by atoms with Gasteiger partial charge in [0.15, 0.2) is 0 Å². The Bertz CT molecular complexity index is 362. The standard InChI is InChI=1S/C8H11N5/c9-4-8-6-13(12-11-8)5-7-2-1-3-10-7/h1-3,6,10H,4-5,9H2. The van der Waals surface area contributed by atoms with Crippen molar-refractivity contribution >= 4 is 0 Å². The molecular formula is C8H11N5. The second-order valence-corrected chi connectivity index (χ2v) is 2.81. The maximum atomic E-state index is 5.41. The molecule has 68 valence electrons. The molecule has 0 fully saturated rings. The lowest BCUT2D eigenvalue weighted by molar-refractivity contribution is 0.640. The van der Waals surface area contributed by atoms with Crippen molar-refractivity contribution in [3.63, 3.8) is 0 Å². The molecule has 2 aromatic heterocycles. The molecule has 0 aromatic carbocycles. The molecule has 0 spiro atoms. The van der Waals surface area contributed by atoms with Gasteiger partial charge in [-0.1, -0.05) is 5.21 Å². The predicted molar refractivity (Wildman–Crippen MR) is 47.8 cm³/mol. The van der Waals surface area contributed by atoms with Crippen LogP contribution in [0.3, 0.4) is 0 Å². The molecule has 0 unspecified atom stereocenters. The van der Waals surface area contributed by atoms with E-state index in [1.54, 1.807) is 4.68 Å². The summed E-state index contributed by atoms with van der Waals surface area (Å²) in [6.45, 7) is 1.14. The first-order valence-corrected chi connectivity index (χ1v) is 4.10. The highest BCUT2D eigenvalue weighted by Crippen LogP contribution is 1.98. The van der Waals surface area contributed by atoms with E-state index in [4.69, 9.17) is 5.73 Å². The van der Waals surface area contributed by atoms with Crippen LogP contribution in [-0.4, -0.2) is 20.0 Å². The van der Waals surface area contributed by atoms with Crippen LogP contribution in [0.5, 0.6) is 0 Å². The minimum atomic E-state index is 0.435. The first-order valence-electron chi connectivity index (χ1n) is 4.10. The summed E-state index contributed by atoms with van der Waals surface area (Å²) in [7, 11) is 0. The van der Waals surface area contributed by atoms with Crippen LogP contribution in [0, 0.1) is 0 Å². The summed E-state index contributed by atoms with van der Waals surface area (Å²) in [5.74, 6) is 0. The van der Waals surface area contributed by atoms with Gasteiger partial charge in [-0.3, -0.25) is 0 Å². The average molecular weight is 177 g/mol. The highest BCUT2D eigenvalue weighted by Gasteiger charge is 1.99. The molecule has 0 atom stereocenters. The van der Waals surface area contributed by atoms with Crippen LogP contribution < -0.4 is 5.73 Å². The molecule has 0 aliphatic rings. The summed E-state index contributed by atoms with van der Waals surface area (Å²) in [4.78, 5) is 3.09. The van der Waals surface area contributed by atoms with Crippen LogP contribution in [0.15, 0.2) is 24.5 Å². The van der Waals surface area contributed by atoms with Gasteiger partial charge in [0.2, 0.25) is 0 Å². The smallest absolute Gasteiger partial charge is 0.0962 e. The molecule has 0 saturated heterocycles. The molecule has 5 heteroatoms. The minimum Gasteiger partial charge on any atom is -0.363 e. The van der Waals surface area contributed by atoms with Crippen LogP contribution in [0.1, 0.15) is 11.4 Å². The van der Waals surface area contributed by atoms with Crippen molar-refractivity contribution in [1.82, 2.24) is 20.0 Å². The van der Waals surface area contributed by atoms with Gasteiger partial charge in [0.25, 0.3) is 0 Å². The van der Waals surface area contributed by atoms with Crippen LogP contribution in [0.2, 0.25) is 0 Å². The SMILES string of the molecule is NCc1cn(Cc2ccc[nH]2)nn1. The normalized spacial score (nSPS) is 10.5. The van der Waals surface area contributed by atoms with E-state index in [1.807, 2.05) is 24.5 Å². The summed E-state index contributed by atoms with van der Waals surface area (Å²) in [6.07, 6.45) is 3.73. The Hall–Kier alpha value is -1.62. The van der Waals surface area contributed by atoms with Gasteiger partial charge in [-0.25, -0.2) is 4.68 Å². The number of rotatable bonds is 3. The van der Waals surface area contributed by atoms with Crippen molar-refractivity contribution in [1.29, 1.82) is 0 Å². The fourth-order valence-electron chi connectivity index (χ4n) is 1.15. The number of nitrogens with one attached hydrogen (secondary N) is 1. The van der Waals surface area contributed by atoms with E-state index in [9.17, 15) is 0 Å². The Morgan fingerprint density at radius 3 is 3.08 bits per heavy atom. The number of nitrogens with two attached hydrogens (primary N) is 1. The van der Waals surface area contributed by atoms with Crippen molar-refractivity contribution in [3.05, 3.63) is 35.9 Å². The van der Waals surface area contributed by atoms with Crippen molar-refractivity contribution in [3.8, 4) is 0 Å². The molecule has 2 rings (SSSR count). The Kier molecular flexibility index (Phi) is 2.09. The van der Waals surface area contributed by atoms with Crippen molar-refractivity contribution in [2.45, 2.75) is 13.1 Å². The molecule has 3 N–H and O–H groups in total. The molecule has 2 heterocycles.